The second kappa shape index (κ2) is 6.84. The maximum Gasteiger partial charge on any atom is 0.257 e. The summed E-state index contributed by atoms with van der Waals surface area (Å²) >= 11 is 0. The van der Waals surface area contributed by atoms with E-state index in [2.05, 4.69) is 15.3 Å². The van der Waals surface area contributed by atoms with Gasteiger partial charge in [0.15, 0.2) is 0 Å². The molecule has 0 aromatic carbocycles. The molecule has 4 rings (SSSR count). The number of piperidine rings is 1. The predicted octanol–water partition coefficient (Wildman–Crippen LogP) is 1.97. The van der Waals surface area contributed by atoms with Crippen LogP contribution in [0.4, 0.5) is 5.95 Å². The van der Waals surface area contributed by atoms with Crippen LogP contribution in [-0.4, -0.2) is 53.1 Å². The number of rotatable bonds is 4. The van der Waals surface area contributed by atoms with E-state index in [1.807, 2.05) is 11.8 Å². The third-order valence-electron chi connectivity index (χ3n) is 5.20. The van der Waals surface area contributed by atoms with Gasteiger partial charge in [-0.1, -0.05) is 0 Å². The van der Waals surface area contributed by atoms with Crippen LogP contribution >= 0.6 is 0 Å². The van der Waals surface area contributed by atoms with Crippen molar-refractivity contribution in [2.24, 2.45) is 11.8 Å². The second-order valence-corrected chi connectivity index (χ2v) is 6.68. The molecule has 1 amide bonds. The Labute approximate surface area is 146 Å². The summed E-state index contributed by atoms with van der Waals surface area (Å²) in [6, 6.07) is 3.54. The second-order valence-electron chi connectivity index (χ2n) is 6.68. The number of hydrogen-bond donors (Lipinski definition) is 1. The van der Waals surface area contributed by atoms with Gasteiger partial charge in [0.2, 0.25) is 5.95 Å². The minimum absolute atomic E-state index is 0.0592. The van der Waals surface area contributed by atoms with Crippen LogP contribution in [0.25, 0.3) is 0 Å². The highest BCUT2D eigenvalue weighted by atomic mass is 16.5. The fraction of sp³-hybridized carbons (Fsp3) is 0.500. The lowest BCUT2D eigenvalue weighted by Gasteiger charge is -2.35. The topological polar surface area (TPSA) is 80.5 Å². The summed E-state index contributed by atoms with van der Waals surface area (Å²) in [5.41, 5.74) is 0.664. The molecule has 3 atom stereocenters. The Morgan fingerprint density at radius 3 is 3.00 bits per heavy atom. The lowest BCUT2D eigenvalue weighted by Crippen LogP contribution is -2.45. The number of nitrogens with one attached hydrogen (secondary N) is 1. The molecule has 2 aliphatic rings. The molecule has 2 aliphatic heterocycles. The molecule has 0 bridgehead atoms. The number of aromatic nitrogens is 2. The van der Waals surface area contributed by atoms with Gasteiger partial charge >= 0.3 is 0 Å². The Balaban J connectivity index is 1.35. The molecule has 2 aromatic heterocycles. The van der Waals surface area contributed by atoms with Gasteiger partial charge in [-0.05, 0) is 31.4 Å². The third kappa shape index (κ3) is 3.24. The first-order valence-corrected chi connectivity index (χ1v) is 8.68. The largest absolute Gasteiger partial charge is 0.469 e. The molecule has 2 saturated heterocycles. The number of likely N-dealkylation sites (tertiary alicyclic amines) is 1. The summed E-state index contributed by atoms with van der Waals surface area (Å²) < 4.78 is 11.3. The minimum Gasteiger partial charge on any atom is -0.469 e. The molecular formula is C18H22N4O3. The van der Waals surface area contributed by atoms with Crippen molar-refractivity contribution in [2.45, 2.75) is 19.4 Å². The molecule has 0 unspecified atom stereocenters. The molecule has 7 heteroatoms. The van der Waals surface area contributed by atoms with Crippen LogP contribution in [0.3, 0.4) is 0 Å². The predicted molar refractivity (Wildman–Crippen MR) is 91.2 cm³/mol. The maximum absolute atomic E-state index is 12.7. The highest BCUT2D eigenvalue weighted by Crippen LogP contribution is 2.35. The average Bonchev–Trinajstić information content (AvgIpc) is 3.25. The summed E-state index contributed by atoms with van der Waals surface area (Å²) in [4.78, 5) is 22.9. The van der Waals surface area contributed by atoms with Gasteiger partial charge in [0.05, 0.1) is 24.5 Å². The Hall–Kier alpha value is -2.41. The number of aryl methyl sites for hydroxylation is 1. The summed E-state index contributed by atoms with van der Waals surface area (Å²) in [6.45, 7) is 4.71. The lowest BCUT2D eigenvalue weighted by molar-refractivity contribution is 0.0619. The SMILES string of the molecule is Cc1occc1C(=O)N1CC[C@@H]2[C@@H](CO[C@H]2CNc2ncccn2)C1. The molecule has 132 valence electrons. The maximum atomic E-state index is 12.7. The summed E-state index contributed by atoms with van der Waals surface area (Å²) in [5.74, 6) is 2.21. The van der Waals surface area contributed by atoms with E-state index >= 15 is 0 Å². The first kappa shape index (κ1) is 16.1. The number of hydrogen-bond acceptors (Lipinski definition) is 6. The number of amides is 1. The van der Waals surface area contributed by atoms with Crippen LogP contribution in [0.15, 0.2) is 35.2 Å². The highest BCUT2D eigenvalue weighted by Gasteiger charge is 2.42. The fourth-order valence-electron chi connectivity index (χ4n) is 3.84. The molecule has 2 aromatic rings. The molecule has 2 fully saturated rings. The minimum atomic E-state index is 0.0592. The smallest absolute Gasteiger partial charge is 0.257 e. The molecule has 0 spiro atoms. The van der Waals surface area contributed by atoms with E-state index in [1.165, 1.54) is 0 Å². The molecule has 25 heavy (non-hydrogen) atoms. The van der Waals surface area contributed by atoms with Gasteiger partial charge in [-0.25, -0.2) is 9.97 Å². The number of anilines is 1. The Morgan fingerprint density at radius 1 is 1.40 bits per heavy atom. The van der Waals surface area contributed by atoms with E-state index in [-0.39, 0.29) is 12.0 Å². The molecule has 4 heterocycles. The lowest BCUT2D eigenvalue weighted by atomic mass is 9.84. The number of nitrogens with zero attached hydrogens (tertiary/aromatic N) is 3. The Kier molecular flexibility index (Phi) is 4.40. The van der Waals surface area contributed by atoms with Crippen molar-refractivity contribution >= 4 is 11.9 Å². The van der Waals surface area contributed by atoms with E-state index in [9.17, 15) is 4.79 Å². The van der Waals surface area contributed by atoms with Crippen LogP contribution in [0.1, 0.15) is 22.5 Å². The van der Waals surface area contributed by atoms with Gasteiger partial charge in [0.25, 0.3) is 5.91 Å². The number of carbonyl (C=O) groups excluding carboxylic acids is 1. The summed E-state index contributed by atoms with van der Waals surface area (Å²) in [6.07, 6.45) is 6.10. The van der Waals surface area contributed by atoms with Crippen molar-refractivity contribution in [1.82, 2.24) is 14.9 Å². The quantitative estimate of drug-likeness (QED) is 0.915. The van der Waals surface area contributed by atoms with E-state index in [4.69, 9.17) is 9.15 Å². The van der Waals surface area contributed by atoms with Crippen LogP contribution in [0.5, 0.6) is 0 Å². The van der Waals surface area contributed by atoms with Crippen molar-refractivity contribution in [3.05, 3.63) is 42.1 Å². The normalized spacial score (nSPS) is 25.6. The van der Waals surface area contributed by atoms with Crippen LogP contribution in [-0.2, 0) is 4.74 Å². The number of carbonyl (C=O) groups is 1. The van der Waals surface area contributed by atoms with Gasteiger partial charge in [-0.3, -0.25) is 4.79 Å². The van der Waals surface area contributed by atoms with Crippen molar-refractivity contribution in [3.63, 3.8) is 0 Å². The van der Waals surface area contributed by atoms with Crippen molar-refractivity contribution in [1.29, 1.82) is 0 Å². The van der Waals surface area contributed by atoms with Gasteiger partial charge in [0, 0.05) is 37.9 Å². The van der Waals surface area contributed by atoms with Gasteiger partial charge in [0.1, 0.15) is 5.76 Å². The standard InChI is InChI=1S/C18H22N4O3/c1-12-14(4-8-24-12)17(23)22-7-3-15-13(10-22)11-25-16(15)9-21-18-19-5-2-6-20-18/h2,4-6,8,13,15-16H,3,7,9-11H2,1H3,(H,19,20,21)/t13-,15-,16+/m1/s1. The van der Waals surface area contributed by atoms with E-state index < -0.39 is 0 Å². The van der Waals surface area contributed by atoms with Gasteiger partial charge < -0.3 is 19.4 Å². The van der Waals surface area contributed by atoms with E-state index in [0.717, 1.165) is 19.5 Å². The zero-order valence-corrected chi connectivity index (χ0v) is 14.2. The number of fused-ring (bicyclic) bond motifs is 1. The summed E-state index contributed by atoms with van der Waals surface area (Å²) in [7, 11) is 0. The fourth-order valence-corrected chi connectivity index (χ4v) is 3.84. The molecule has 0 aliphatic carbocycles. The number of ether oxygens (including phenoxy) is 1. The highest BCUT2D eigenvalue weighted by molar-refractivity contribution is 5.95. The van der Waals surface area contributed by atoms with Crippen molar-refractivity contribution in [3.8, 4) is 0 Å². The Bertz CT molecular complexity index is 733. The molecule has 7 nitrogen and oxygen atoms in total. The Morgan fingerprint density at radius 2 is 2.24 bits per heavy atom. The average molecular weight is 342 g/mol. The molecular weight excluding hydrogens is 320 g/mol. The molecule has 0 saturated carbocycles. The molecule has 0 radical (unpaired) electrons. The summed E-state index contributed by atoms with van der Waals surface area (Å²) in [5, 5.41) is 3.24. The van der Waals surface area contributed by atoms with Crippen molar-refractivity contribution in [2.75, 3.05) is 31.6 Å². The molecule has 1 N–H and O–H groups in total. The zero-order chi connectivity index (χ0) is 17.2. The van der Waals surface area contributed by atoms with E-state index in [0.29, 0.717) is 42.3 Å². The van der Waals surface area contributed by atoms with Crippen LogP contribution < -0.4 is 5.32 Å². The zero-order valence-electron chi connectivity index (χ0n) is 14.2. The first-order valence-electron chi connectivity index (χ1n) is 8.68. The van der Waals surface area contributed by atoms with Crippen molar-refractivity contribution < 1.29 is 13.9 Å². The van der Waals surface area contributed by atoms with E-state index in [1.54, 1.807) is 30.8 Å². The monoisotopic (exact) mass is 342 g/mol. The van der Waals surface area contributed by atoms with Gasteiger partial charge in [-0.15, -0.1) is 0 Å². The van der Waals surface area contributed by atoms with Crippen LogP contribution in [0, 0.1) is 18.8 Å². The first-order chi connectivity index (χ1) is 12.2. The van der Waals surface area contributed by atoms with Gasteiger partial charge in [-0.2, -0.15) is 0 Å². The van der Waals surface area contributed by atoms with Crippen LogP contribution in [0.2, 0.25) is 0 Å². The third-order valence-corrected chi connectivity index (χ3v) is 5.20. The number of furan rings is 1.